The average molecular weight is 282 g/mol. The van der Waals surface area contributed by atoms with Gasteiger partial charge >= 0.3 is 0 Å². The molecular weight excluding hydrogens is 269 g/mol. The molecule has 2 N–H and O–H groups in total. The lowest BCUT2D eigenvalue weighted by Gasteiger charge is -2.05. The highest BCUT2D eigenvalue weighted by Gasteiger charge is 2.05. The van der Waals surface area contributed by atoms with E-state index in [1.807, 2.05) is 30.3 Å². The molecular formula is C14H13ClFNS. The SMILES string of the molecule is NCc1ccc(SCc2cccc(F)c2Cl)cc1. The van der Waals surface area contributed by atoms with Crippen molar-refractivity contribution >= 4 is 23.4 Å². The van der Waals surface area contributed by atoms with E-state index in [0.29, 0.717) is 12.3 Å². The third-order valence-corrected chi connectivity index (χ3v) is 4.07. The zero-order valence-electron chi connectivity index (χ0n) is 9.70. The highest BCUT2D eigenvalue weighted by Crippen LogP contribution is 2.28. The monoisotopic (exact) mass is 281 g/mol. The highest BCUT2D eigenvalue weighted by atomic mass is 35.5. The molecule has 0 aliphatic rings. The zero-order chi connectivity index (χ0) is 13.0. The second-order valence-corrected chi connectivity index (χ2v) is 5.28. The van der Waals surface area contributed by atoms with E-state index in [1.54, 1.807) is 17.8 Å². The second-order valence-electron chi connectivity index (χ2n) is 3.85. The molecule has 0 amide bonds. The van der Waals surface area contributed by atoms with Crippen molar-refractivity contribution in [1.82, 2.24) is 0 Å². The van der Waals surface area contributed by atoms with Gasteiger partial charge in [-0.1, -0.05) is 35.9 Å². The van der Waals surface area contributed by atoms with Gasteiger partial charge in [0.1, 0.15) is 5.82 Å². The normalized spacial score (nSPS) is 10.6. The third kappa shape index (κ3) is 3.25. The topological polar surface area (TPSA) is 26.0 Å². The maximum atomic E-state index is 13.2. The van der Waals surface area contributed by atoms with Crippen LogP contribution in [0.25, 0.3) is 0 Å². The van der Waals surface area contributed by atoms with Crippen LogP contribution in [-0.2, 0) is 12.3 Å². The first-order valence-electron chi connectivity index (χ1n) is 5.55. The molecule has 0 unspecified atom stereocenters. The van der Waals surface area contributed by atoms with Crippen molar-refractivity contribution in [2.75, 3.05) is 0 Å². The molecule has 2 aromatic rings. The number of halogens is 2. The maximum absolute atomic E-state index is 13.2. The van der Waals surface area contributed by atoms with Gasteiger partial charge in [0.2, 0.25) is 0 Å². The lowest BCUT2D eigenvalue weighted by atomic mass is 10.2. The van der Waals surface area contributed by atoms with Gasteiger partial charge in [0, 0.05) is 17.2 Å². The van der Waals surface area contributed by atoms with E-state index in [9.17, 15) is 4.39 Å². The van der Waals surface area contributed by atoms with Crippen LogP contribution in [0.5, 0.6) is 0 Å². The van der Waals surface area contributed by atoms with Crippen LogP contribution in [0.2, 0.25) is 5.02 Å². The van der Waals surface area contributed by atoms with Gasteiger partial charge < -0.3 is 5.73 Å². The van der Waals surface area contributed by atoms with Crippen LogP contribution in [0.15, 0.2) is 47.4 Å². The van der Waals surface area contributed by atoms with E-state index in [1.165, 1.54) is 6.07 Å². The molecule has 0 atom stereocenters. The first kappa shape index (κ1) is 13.4. The van der Waals surface area contributed by atoms with E-state index in [0.717, 1.165) is 16.0 Å². The van der Waals surface area contributed by atoms with Crippen LogP contribution in [0, 0.1) is 5.82 Å². The summed E-state index contributed by atoms with van der Waals surface area (Å²) in [5.41, 5.74) is 7.45. The molecule has 0 bridgehead atoms. The molecule has 0 saturated carbocycles. The number of thioether (sulfide) groups is 1. The summed E-state index contributed by atoms with van der Waals surface area (Å²) in [4.78, 5) is 1.12. The fourth-order valence-electron chi connectivity index (χ4n) is 1.54. The smallest absolute Gasteiger partial charge is 0.142 e. The summed E-state index contributed by atoms with van der Waals surface area (Å²) in [7, 11) is 0. The van der Waals surface area contributed by atoms with Crippen LogP contribution >= 0.6 is 23.4 Å². The largest absolute Gasteiger partial charge is 0.326 e. The Kier molecular flexibility index (Phi) is 4.64. The standard InChI is InChI=1S/C14H13ClFNS/c15-14-11(2-1-3-13(14)16)9-18-12-6-4-10(8-17)5-7-12/h1-7H,8-9,17H2. The Morgan fingerprint density at radius 3 is 2.50 bits per heavy atom. The molecule has 0 spiro atoms. The summed E-state index contributed by atoms with van der Waals surface area (Å²) < 4.78 is 13.2. The van der Waals surface area contributed by atoms with Gasteiger partial charge in [-0.15, -0.1) is 11.8 Å². The number of rotatable bonds is 4. The summed E-state index contributed by atoms with van der Waals surface area (Å²) >= 11 is 7.53. The number of hydrogen-bond acceptors (Lipinski definition) is 2. The minimum absolute atomic E-state index is 0.212. The predicted molar refractivity (Wildman–Crippen MR) is 75.3 cm³/mol. The quantitative estimate of drug-likeness (QED) is 0.849. The van der Waals surface area contributed by atoms with Crippen LogP contribution < -0.4 is 5.73 Å². The molecule has 94 valence electrons. The van der Waals surface area contributed by atoms with Gasteiger partial charge in [-0.3, -0.25) is 0 Å². The fourth-order valence-corrected chi connectivity index (χ4v) is 2.71. The van der Waals surface area contributed by atoms with Crippen molar-refractivity contribution < 1.29 is 4.39 Å². The Hall–Kier alpha value is -1.03. The maximum Gasteiger partial charge on any atom is 0.142 e. The van der Waals surface area contributed by atoms with E-state index in [2.05, 4.69) is 0 Å². The fraction of sp³-hybridized carbons (Fsp3) is 0.143. The molecule has 0 radical (unpaired) electrons. The number of hydrogen-bond donors (Lipinski definition) is 1. The van der Waals surface area contributed by atoms with Crippen LogP contribution in [0.4, 0.5) is 4.39 Å². The van der Waals surface area contributed by atoms with E-state index < -0.39 is 0 Å². The molecule has 0 aliphatic carbocycles. The molecule has 2 rings (SSSR count). The van der Waals surface area contributed by atoms with Gasteiger partial charge in [0.05, 0.1) is 5.02 Å². The van der Waals surface area contributed by atoms with E-state index in [-0.39, 0.29) is 10.8 Å². The summed E-state index contributed by atoms with van der Waals surface area (Å²) in [6, 6.07) is 12.9. The first-order valence-corrected chi connectivity index (χ1v) is 6.92. The van der Waals surface area contributed by atoms with E-state index >= 15 is 0 Å². The Morgan fingerprint density at radius 2 is 1.83 bits per heavy atom. The van der Waals surface area contributed by atoms with Crippen molar-refractivity contribution in [2.45, 2.75) is 17.2 Å². The van der Waals surface area contributed by atoms with Crippen molar-refractivity contribution in [2.24, 2.45) is 5.73 Å². The molecule has 0 aliphatic heterocycles. The Bertz CT molecular complexity index is 528. The zero-order valence-corrected chi connectivity index (χ0v) is 11.3. The van der Waals surface area contributed by atoms with Crippen LogP contribution in [-0.4, -0.2) is 0 Å². The van der Waals surface area contributed by atoms with Gasteiger partial charge in [0.15, 0.2) is 0 Å². The van der Waals surface area contributed by atoms with Gasteiger partial charge in [0.25, 0.3) is 0 Å². The Labute approximate surface area is 115 Å². The lowest BCUT2D eigenvalue weighted by molar-refractivity contribution is 0.627. The summed E-state index contributed by atoms with van der Waals surface area (Å²) in [6.07, 6.45) is 0. The molecule has 0 saturated heterocycles. The van der Waals surface area contributed by atoms with Crippen LogP contribution in [0.1, 0.15) is 11.1 Å². The molecule has 0 heterocycles. The summed E-state index contributed by atoms with van der Waals surface area (Å²) in [5.74, 6) is 0.284. The van der Waals surface area contributed by atoms with Crippen molar-refractivity contribution in [1.29, 1.82) is 0 Å². The molecule has 4 heteroatoms. The molecule has 0 aromatic heterocycles. The van der Waals surface area contributed by atoms with Crippen molar-refractivity contribution in [3.8, 4) is 0 Å². The third-order valence-electron chi connectivity index (χ3n) is 2.58. The molecule has 1 nitrogen and oxygen atoms in total. The first-order chi connectivity index (χ1) is 8.70. The average Bonchev–Trinajstić information content (AvgIpc) is 2.41. The Morgan fingerprint density at radius 1 is 1.11 bits per heavy atom. The van der Waals surface area contributed by atoms with Gasteiger partial charge in [-0.2, -0.15) is 0 Å². The van der Waals surface area contributed by atoms with Gasteiger partial charge in [-0.05, 0) is 29.3 Å². The van der Waals surface area contributed by atoms with Crippen molar-refractivity contribution in [3.05, 3.63) is 64.4 Å². The molecule has 0 fully saturated rings. The molecule has 2 aromatic carbocycles. The van der Waals surface area contributed by atoms with Crippen molar-refractivity contribution in [3.63, 3.8) is 0 Å². The lowest BCUT2D eigenvalue weighted by Crippen LogP contribution is -1.95. The second kappa shape index (κ2) is 6.23. The summed E-state index contributed by atoms with van der Waals surface area (Å²) in [5, 5.41) is 0.212. The van der Waals surface area contributed by atoms with Crippen LogP contribution in [0.3, 0.4) is 0 Å². The number of benzene rings is 2. The summed E-state index contributed by atoms with van der Waals surface area (Å²) in [6.45, 7) is 0.542. The minimum Gasteiger partial charge on any atom is -0.326 e. The highest BCUT2D eigenvalue weighted by molar-refractivity contribution is 7.98. The van der Waals surface area contributed by atoms with Gasteiger partial charge in [-0.25, -0.2) is 4.39 Å². The predicted octanol–water partition coefficient (Wildman–Crippen LogP) is 4.23. The minimum atomic E-state index is -0.367. The molecule has 18 heavy (non-hydrogen) atoms. The Balaban J connectivity index is 2.04. The van der Waals surface area contributed by atoms with E-state index in [4.69, 9.17) is 17.3 Å². The number of nitrogens with two attached hydrogens (primary N) is 1.